The first-order chi connectivity index (χ1) is 19.3. The maximum Gasteiger partial charge on any atom is 0.132 e. The van der Waals surface area contributed by atoms with Crippen LogP contribution >= 0.6 is 15.5 Å². The second kappa shape index (κ2) is 12.6. The van der Waals surface area contributed by atoms with Gasteiger partial charge in [0.2, 0.25) is 0 Å². The number of hydrogen-bond donors (Lipinski definition) is 0. The highest BCUT2D eigenvalue weighted by molar-refractivity contribution is 7.87. The summed E-state index contributed by atoms with van der Waals surface area (Å²) in [7, 11) is -3.81. The standard InChI is InChI=1S/C35H39F2NP2/c1-5-6-25-38(39(32-13-9-7-11-30(32)36)33-14-10-8-12-31(33)37)40(4)34(28-19-15-26(2)16-20-28)23-24-35(40)29-21-17-27(3)18-22-29/h7-22,34-35H,4-6,23-25H2,1-3H3/t34-,35-/m0/s1. The molecule has 1 saturated heterocycles. The lowest BCUT2D eigenvalue weighted by Crippen LogP contribution is -2.33. The minimum Gasteiger partial charge on any atom is -0.206 e. The van der Waals surface area contributed by atoms with E-state index in [2.05, 4.69) is 73.7 Å². The fourth-order valence-electron chi connectivity index (χ4n) is 6.11. The van der Waals surface area contributed by atoms with Crippen molar-refractivity contribution in [3.63, 3.8) is 0 Å². The normalized spacial score (nSPS) is 18.5. The Labute approximate surface area is 240 Å². The van der Waals surface area contributed by atoms with Gasteiger partial charge >= 0.3 is 0 Å². The zero-order valence-electron chi connectivity index (χ0n) is 23.7. The second-order valence-electron chi connectivity index (χ2n) is 11.0. The second-order valence-corrected chi connectivity index (χ2v) is 16.9. The minimum atomic E-state index is -2.30. The number of nitrogens with zero attached hydrogens (tertiary/aromatic N) is 1. The van der Waals surface area contributed by atoms with E-state index in [-0.39, 0.29) is 23.0 Å². The average Bonchev–Trinajstić information content (AvgIpc) is 3.30. The Balaban J connectivity index is 1.76. The molecule has 5 heteroatoms. The van der Waals surface area contributed by atoms with E-state index in [4.69, 9.17) is 6.66 Å². The number of rotatable bonds is 9. The van der Waals surface area contributed by atoms with E-state index in [1.54, 1.807) is 12.1 Å². The molecular weight excluding hydrogens is 534 g/mol. The van der Waals surface area contributed by atoms with Crippen LogP contribution in [0.4, 0.5) is 8.78 Å². The molecule has 1 fully saturated rings. The summed E-state index contributed by atoms with van der Waals surface area (Å²) < 4.78 is 34.0. The smallest absolute Gasteiger partial charge is 0.132 e. The third-order valence-corrected chi connectivity index (χ3v) is 16.4. The van der Waals surface area contributed by atoms with Crippen LogP contribution < -0.4 is 10.6 Å². The molecule has 0 aliphatic carbocycles. The molecule has 5 rings (SSSR count). The molecule has 2 atom stereocenters. The van der Waals surface area contributed by atoms with E-state index in [0.717, 1.165) is 32.2 Å². The van der Waals surface area contributed by atoms with Crippen molar-refractivity contribution in [1.29, 1.82) is 0 Å². The topological polar surface area (TPSA) is 3.24 Å². The fourth-order valence-corrected chi connectivity index (χ4v) is 15.0. The zero-order chi connectivity index (χ0) is 28.3. The van der Waals surface area contributed by atoms with Crippen molar-refractivity contribution in [2.45, 2.75) is 57.8 Å². The van der Waals surface area contributed by atoms with E-state index in [1.165, 1.54) is 34.4 Å². The lowest BCUT2D eigenvalue weighted by molar-refractivity contribution is 0.613. The Morgan fingerprint density at radius 1 is 0.725 bits per heavy atom. The van der Waals surface area contributed by atoms with Gasteiger partial charge in [0.25, 0.3) is 0 Å². The maximum absolute atomic E-state index is 15.7. The molecule has 4 aromatic rings. The van der Waals surface area contributed by atoms with Crippen LogP contribution in [0.3, 0.4) is 0 Å². The van der Waals surface area contributed by atoms with Crippen LogP contribution in [0.1, 0.15) is 66.2 Å². The largest absolute Gasteiger partial charge is 0.206 e. The lowest BCUT2D eigenvalue weighted by Gasteiger charge is -2.49. The highest BCUT2D eigenvalue weighted by Gasteiger charge is 2.56. The quantitative estimate of drug-likeness (QED) is 0.142. The predicted octanol–water partition coefficient (Wildman–Crippen LogP) is 10.0. The first-order valence-electron chi connectivity index (χ1n) is 14.3. The summed E-state index contributed by atoms with van der Waals surface area (Å²) in [5.74, 6) is -0.550. The van der Waals surface area contributed by atoms with Crippen LogP contribution in [-0.4, -0.2) is 11.0 Å². The van der Waals surface area contributed by atoms with Crippen molar-refractivity contribution in [3.05, 3.63) is 138 Å². The monoisotopic (exact) mass is 573 g/mol. The number of aryl methyl sites for hydroxylation is 2. The first-order valence-corrected chi connectivity index (χ1v) is 17.6. The van der Waals surface area contributed by atoms with Crippen LogP contribution in [0.15, 0.2) is 97.1 Å². The van der Waals surface area contributed by atoms with Gasteiger partial charge in [-0.25, -0.2) is 8.78 Å². The molecule has 1 aliphatic heterocycles. The van der Waals surface area contributed by atoms with Gasteiger partial charge in [0.1, 0.15) is 11.6 Å². The van der Waals surface area contributed by atoms with Crippen molar-refractivity contribution in [2.75, 3.05) is 6.54 Å². The van der Waals surface area contributed by atoms with Crippen LogP contribution in [0, 0.1) is 32.1 Å². The average molecular weight is 574 g/mol. The minimum absolute atomic E-state index is 0.222. The molecule has 1 aliphatic rings. The molecule has 208 valence electrons. The molecule has 0 amide bonds. The third kappa shape index (κ3) is 5.67. The Morgan fingerprint density at radius 3 is 1.55 bits per heavy atom. The molecule has 4 aromatic carbocycles. The van der Waals surface area contributed by atoms with Crippen molar-refractivity contribution >= 4 is 26.1 Å². The van der Waals surface area contributed by atoms with Crippen molar-refractivity contribution in [2.24, 2.45) is 0 Å². The Hall–Kier alpha value is -2.44. The maximum atomic E-state index is 15.7. The van der Waals surface area contributed by atoms with E-state index in [9.17, 15) is 0 Å². The molecule has 0 saturated carbocycles. The zero-order valence-corrected chi connectivity index (χ0v) is 25.5. The van der Waals surface area contributed by atoms with Crippen molar-refractivity contribution in [3.8, 4) is 0 Å². The Bertz CT molecular complexity index is 1320. The molecule has 1 heterocycles. The summed E-state index contributed by atoms with van der Waals surface area (Å²) in [6, 6.07) is 31.7. The highest BCUT2D eigenvalue weighted by Crippen LogP contribution is 2.88. The van der Waals surface area contributed by atoms with Gasteiger partial charge in [-0.1, -0.05) is 97.3 Å². The van der Waals surface area contributed by atoms with E-state index >= 15 is 8.78 Å². The van der Waals surface area contributed by atoms with Gasteiger partial charge in [-0.05, 0) is 75.9 Å². The number of unbranched alkanes of at least 4 members (excludes halogenated alkanes) is 1. The molecular formula is C35H39F2NP2. The molecule has 0 N–H and O–H groups in total. The summed E-state index contributed by atoms with van der Waals surface area (Å²) in [6.45, 7) is 12.4. The first kappa shape index (κ1) is 29.1. The summed E-state index contributed by atoms with van der Waals surface area (Å²) >= 11 is 0. The van der Waals surface area contributed by atoms with Crippen LogP contribution in [-0.2, 0) is 0 Å². The summed E-state index contributed by atoms with van der Waals surface area (Å²) in [5, 5.41) is 1.16. The highest BCUT2D eigenvalue weighted by atomic mass is 31.2. The number of hydrogen-bond acceptors (Lipinski definition) is 1. The molecule has 0 bridgehead atoms. The van der Waals surface area contributed by atoms with Crippen LogP contribution in [0.25, 0.3) is 0 Å². The number of halogens is 2. The molecule has 0 aromatic heterocycles. The summed E-state index contributed by atoms with van der Waals surface area (Å²) in [6.07, 6.45) is 3.97. The van der Waals surface area contributed by atoms with E-state index < -0.39 is 15.5 Å². The van der Waals surface area contributed by atoms with Gasteiger partial charge in [-0.15, -0.1) is 0 Å². The third-order valence-electron chi connectivity index (χ3n) is 8.25. The van der Waals surface area contributed by atoms with Gasteiger partial charge in [0, 0.05) is 17.2 Å². The van der Waals surface area contributed by atoms with E-state index in [1.807, 2.05) is 24.3 Å². The van der Waals surface area contributed by atoms with Gasteiger partial charge in [0.05, 0.1) is 19.4 Å². The summed E-state index contributed by atoms with van der Waals surface area (Å²) in [5.41, 5.74) is 5.49. The van der Waals surface area contributed by atoms with Gasteiger partial charge in [-0.3, -0.25) is 0 Å². The molecule has 0 radical (unpaired) electrons. The summed E-state index contributed by atoms with van der Waals surface area (Å²) in [4.78, 5) is 0. The van der Waals surface area contributed by atoms with Crippen molar-refractivity contribution in [1.82, 2.24) is 4.44 Å². The van der Waals surface area contributed by atoms with E-state index in [0.29, 0.717) is 10.6 Å². The van der Waals surface area contributed by atoms with Gasteiger partial charge in [-0.2, -0.15) is 11.1 Å². The number of benzene rings is 4. The van der Waals surface area contributed by atoms with Crippen molar-refractivity contribution < 1.29 is 8.78 Å². The molecule has 1 nitrogen and oxygen atoms in total. The van der Waals surface area contributed by atoms with Crippen LogP contribution in [0.5, 0.6) is 0 Å². The Kier molecular flexibility index (Phi) is 9.16. The Morgan fingerprint density at radius 2 is 1.15 bits per heavy atom. The van der Waals surface area contributed by atoms with Gasteiger partial charge < -0.3 is 0 Å². The van der Waals surface area contributed by atoms with Gasteiger partial charge in [0.15, 0.2) is 0 Å². The molecule has 0 spiro atoms. The molecule has 40 heavy (non-hydrogen) atoms. The SMILES string of the molecule is [CH2-][P+]1(N(CCCC)P(c2ccccc2F)c2ccccc2F)[C@H](c2ccc(C)cc2)CC[C@H]1c1ccc(C)cc1. The molecule has 0 unspecified atom stereocenters. The predicted molar refractivity (Wildman–Crippen MR) is 170 cm³/mol. The van der Waals surface area contributed by atoms with Crippen LogP contribution in [0.2, 0.25) is 0 Å². The lowest BCUT2D eigenvalue weighted by atomic mass is 10.0. The fraction of sp³-hybridized carbons (Fsp3) is 0.286.